The highest BCUT2D eigenvalue weighted by molar-refractivity contribution is 7.22. The molecule has 1 unspecified atom stereocenters. The van der Waals surface area contributed by atoms with Gasteiger partial charge in [0.25, 0.3) is 11.6 Å². The van der Waals surface area contributed by atoms with Crippen molar-refractivity contribution >= 4 is 21.4 Å². The molecule has 1 atom stereocenters. The Hall–Kier alpha value is -3.12. The highest BCUT2D eigenvalue weighted by atomic mass is 32.1. The average Bonchev–Trinajstić information content (AvgIpc) is 3.35. The number of benzene rings is 2. The van der Waals surface area contributed by atoms with Crippen molar-refractivity contribution in [3.05, 3.63) is 76.7 Å². The first-order valence-corrected chi connectivity index (χ1v) is 10.9. The summed E-state index contributed by atoms with van der Waals surface area (Å²) in [4.78, 5) is 16.5. The molecule has 6 heteroatoms. The highest BCUT2D eigenvalue weighted by Crippen LogP contribution is 2.36. The van der Waals surface area contributed by atoms with E-state index < -0.39 is 0 Å². The van der Waals surface area contributed by atoms with E-state index in [9.17, 15) is 4.79 Å². The van der Waals surface area contributed by atoms with Gasteiger partial charge in [-0.1, -0.05) is 38.1 Å². The van der Waals surface area contributed by atoms with E-state index in [2.05, 4.69) is 61.3 Å². The van der Waals surface area contributed by atoms with Gasteiger partial charge in [0.15, 0.2) is 6.10 Å². The summed E-state index contributed by atoms with van der Waals surface area (Å²) in [5, 5.41) is 1.21. The lowest BCUT2D eigenvalue weighted by Gasteiger charge is -2.11. The molecule has 0 N–H and O–H groups in total. The second-order valence-electron chi connectivity index (χ2n) is 7.84. The van der Waals surface area contributed by atoms with E-state index in [-0.39, 0.29) is 11.7 Å². The topological polar surface area (TPSA) is 53.4 Å². The molecule has 30 heavy (non-hydrogen) atoms. The predicted molar refractivity (Wildman–Crippen MR) is 120 cm³/mol. The van der Waals surface area contributed by atoms with Crippen molar-refractivity contribution in [2.75, 3.05) is 6.61 Å². The largest absolute Gasteiger partial charge is 0.490 e. The molecule has 3 heterocycles. The van der Waals surface area contributed by atoms with Crippen molar-refractivity contribution in [3.8, 4) is 22.2 Å². The summed E-state index contributed by atoms with van der Waals surface area (Å²) in [6, 6.07) is 19.0. The van der Waals surface area contributed by atoms with Gasteiger partial charge < -0.3 is 9.47 Å². The average molecular weight is 419 g/mol. The Bertz CT molecular complexity index is 1260. The summed E-state index contributed by atoms with van der Waals surface area (Å²) in [6.07, 6.45) is 1.55. The van der Waals surface area contributed by atoms with Crippen LogP contribution in [0.1, 0.15) is 25.3 Å². The van der Waals surface area contributed by atoms with Crippen LogP contribution in [-0.2, 0) is 6.54 Å². The second-order valence-corrected chi connectivity index (χ2v) is 8.92. The molecule has 4 aromatic rings. The van der Waals surface area contributed by atoms with Gasteiger partial charge in [0, 0.05) is 21.8 Å². The van der Waals surface area contributed by atoms with Gasteiger partial charge in [0.05, 0.1) is 6.54 Å². The van der Waals surface area contributed by atoms with Crippen LogP contribution in [0.3, 0.4) is 0 Å². The molecular weight excluding hydrogens is 396 g/mol. The van der Waals surface area contributed by atoms with E-state index >= 15 is 0 Å². The van der Waals surface area contributed by atoms with Crippen LogP contribution >= 0.6 is 11.3 Å². The Kier molecular flexibility index (Phi) is 4.79. The molecule has 0 saturated carbocycles. The van der Waals surface area contributed by atoms with Crippen LogP contribution < -0.4 is 15.0 Å². The van der Waals surface area contributed by atoms with Crippen molar-refractivity contribution in [2.24, 2.45) is 0 Å². The predicted octanol–water partition coefficient (Wildman–Crippen LogP) is 5.09. The molecule has 0 radical (unpaired) electrons. The standard InChI is InChI=1S/C24H22N2O3S/c1-15(2)16-3-5-17(6-4-16)21-11-18-7-8-19(12-22(18)30-21)28-14-20-13-26-10-9-23(27)25-24(26)29-20/h3-12,15,20H,13-14H2,1-2H3. The van der Waals surface area contributed by atoms with E-state index in [1.54, 1.807) is 17.5 Å². The van der Waals surface area contributed by atoms with Crippen molar-refractivity contribution in [1.82, 2.24) is 9.55 Å². The normalized spacial score (nSPS) is 15.4. The lowest BCUT2D eigenvalue weighted by molar-refractivity contribution is 0.144. The maximum absolute atomic E-state index is 11.4. The maximum Gasteiger partial charge on any atom is 0.300 e. The Balaban J connectivity index is 1.29. The van der Waals surface area contributed by atoms with Gasteiger partial charge in [-0.25, -0.2) is 0 Å². The Morgan fingerprint density at radius 2 is 2.00 bits per heavy atom. The molecule has 0 bridgehead atoms. The molecule has 2 aromatic carbocycles. The molecule has 0 saturated heterocycles. The Morgan fingerprint density at radius 1 is 1.17 bits per heavy atom. The molecule has 5 rings (SSSR count). The van der Waals surface area contributed by atoms with Crippen LogP contribution in [0.15, 0.2) is 65.6 Å². The van der Waals surface area contributed by atoms with Gasteiger partial charge in [0.1, 0.15) is 12.4 Å². The highest BCUT2D eigenvalue weighted by Gasteiger charge is 2.23. The molecule has 0 fully saturated rings. The number of thiophene rings is 1. The number of nitrogens with zero attached hydrogens (tertiary/aromatic N) is 2. The van der Waals surface area contributed by atoms with E-state index in [4.69, 9.17) is 9.47 Å². The van der Waals surface area contributed by atoms with E-state index in [0.717, 1.165) is 5.75 Å². The summed E-state index contributed by atoms with van der Waals surface area (Å²) >= 11 is 1.77. The zero-order chi connectivity index (χ0) is 20.7. The lowest BCUT2D eigenvalue weighted by Crippen LogP contribution is -2.23. The third kappa shape index (κ3) is 3.71. The van der Waals surface area contributed by atoms with Crippen LogP contribution in [0.25, 0.3) is 20.5 Å². The van der Waals surface area contributed by atoms with Crippen LogP contribution in [0, 0.1) is 0 Å². The number of fused-ring (bicyclic) bond motifs is 2. The molecule has 152 valence electrons. The van der Waals surface area contributed by atoms with Crippen LogP contribution in [-0.4, -0.2) is 22.3 Å². The van der Waals surface area contributed by atoms with Crippen LogP contribution in [0.4, 0.5) is 0 Å². The third-order valence-corrected chi connectivity index (χ3v) is 6.46. The zero-order valence-corrected chi connectivity index (χ0v) is 17.7. The summed E-state index contributed by atoms with van der Waals surface area (Å²) in [5.74, 6) is 1.35. The monoisotopic (exact) mass is 418 g/mol. The number of ether oxygens (including phenoxy) is 2. The summed E-state index contributed by atoms with van der Waals surface area (Å²) in [7, 11) is 0. The minimum Gasteiger partial charge on any atom is -0.490 e. The van der Waals surface area contributed by atoms with Gasteiger partial charge in [-0.2, -0.15) is 4.98 Å². The SMILES string of the molecule is CC(C)c1ccc(-c2cc3ccc(OCC4Cn5ccc(=O)nc5O4)cc3s2)cc1. The van der Waals surface area contributed by atoms with Crippen molar-refractivity contribution in [1.29, 1.82) is 0 Å². The van der Waals surface area contributed by atoms with E-state index in [1.807, 2.05) is 10.6 Å². The van der Waals surface area contributed by atoms with Crippen molar-refractivity contribution < 1.29 is 9.47 Å². The molecule has 5 nitrogen and oxygen atoms in total. The summed E-state index contributed by atoms with van der Waals surface area (Å²) in [5.41, 5.74) is 2.30. The van der Waals surface area contributed by atoms with E-state index in [0.29, 0.717) is 25.1 Å². The zero-order valence-electron chi connectivity index (χ0n) is 16.9. The first kappa shape index (κ1) is 18.9. The van der Waals surface area contributed by atoms with Gasteiger partial charge in [-0.05, 0) is 46.7 Å². The molecule has 0 spiro atoms. The molecule has 1 aliphatic rings. The van der Waals surface area contributed by atoms with Crippen molar-refractivity contribution in [2.45, 2.75) is 32.4 Å². The molecule has 0 aliphatic carbocycles. The first-order chi connectivity index (χ1) is 14.5. The fourth-order valence-corrected chi connectivity index (χ4v) is 4.70. The van der Waals surface area contributed by atoms with Crippen LogP contribution in [0.2, 0.25) is 0 Å². The minimum atomic E-state index is -0.291. The van der Waals surface area contributed by atoms with Gasteiger partial charge >= 0.3 is 0 Å². The van der Waals surface area contributed by atoms with Crippen LogP contribution in [0.5, 0.6) is 11.8 Å². The Labute approximate surface area is 178 Å². The number of hydrogen-bond acceptors (Lipinski definition) is 5. The maximum atomic E-state index is 11.4. The fraction of sp³-hybridized carbons (Fsp3) is 0.250. The van der Waals surface area contributed by atoms with Gasteiger partial charge in [0.2, 0.25) is 0 Å². The summed E-state index contributed by atoms with van der Waals surface area (Å²) < 4.78 is 14.7. The first-order valence-electron chi connectivity index (χ1n) is 10.1. The second kappa shape index (κ2) is 7.61. The fourth-order valence-electron chi connectivity index (χ4n) is 3.60. The quantitative estimate of drug-likeness (QED) is 0.453. The molecular formula is C24H22N2O3S. The van der Waals surface area contributed by atoms with Gasteiger partial charge in [-0.3, -0.25) is 9.36 Å². The smallest absolute Gasteiger partial charge is 0.300 e. The lowest BCUT2D eigenvalue weighted by atomic mass is 10.0. The molecule has 0 amide bonds. The van der Waals surface area contributed by atoms with Gasteiger partial charge in [-0.15, -0.1) is 11.3 Å². The van der Waals surface area contributed by atoms with E-state index in [1.165, 1.54) is 32.2 Å². The number of aromatic nitrogens is 2. The number of hydrogen-bond donors (Lipinski definition) is 0. The van der Waals surface area contributed by atoms with Crippen molar-refractivity contribution in [3.63, 3.8) is 0 Å². The molecule has 2 aromatic heterocycles. The summed E-state index contributed by atoms with van der Waals surface area (Å²) in [6.45, 7) is 5.45. The third-order valence-electron chi connectivity index (χ3n) is 5.31. The minimum absolute atomic E-state index is 0.159. The molecule has 1 aliphatic heterocycles. The Morgan fingerprint density at radius 3 is 2.80 bits per heavy atom. The number of rotatable bonds is 5.